The van der Waals surface area contributed by atoms with Crippen molar-refractivity contribution in [2.45, 2.75) is 19.8 Å². The maximum absolute atomic E-state index is 12.2. The lowest BCUT2D eigenvalue weighted by molar-refractivity contribution is 0.102. The number of carbonyl (C=O) groups is 1. The summed E-state index contributed by atoms with van der Waals surface area (Å²) in [6.45, 7) is 2.95. The van der Waals surface area contributed by atoms with Crippen molar-refractivity contribution in [3.05, 3.63) is 53.3 Å². The molecule has 0 fully saturated rings. The molecule has 0 spiro atoms. The molecular formula is C16H17N3O. The number of benzene rings is 1. The Bertz CT molecular complexity index is 652. The van der Waals surface area contributed by atoms with Crippen LogP contribution >= 0.6 is 0 Å². The van der Waals surface area contributed by atoms with E-state index in [2.05, 4.69) is 15.6 Å². The molecule has 0 saturated heterocycles. The van der Waals surface area contributed by atoms with Gasteiger partial charge in [-0.1, -0.05) is 0 Å². The summed E-state index contributed by atoms with van der Waals surface area (Å²) in [6.07, 6.45) is 5.51. The Morgan fingerprint density at radius 2 is 2.20 bits per heavy atom. The summed E-state index contributed by atoms with van der Waals surface area (Å²) >= 11 is 0. The van der Waals surface area contributed by atoms with Gasteiger partial charge < -0.3 is 10.6 Å². The molecule has 0 aliphatic carbocycles. The van der Waals surface area contributed by atoms with Crippen molar-refractivity contribution in [1.29, 1.82) is 0 Å². The lowest BCUT2D eigenvalue weighted by atomic mass is 10.0. The van der Waals surface area contributed by atoms with Crippen molar-refractivity contribution >= 4 is 17.3 Å². The molecule has 0 atom stereocenters. The first-order chi connectivity index (χ1) is 9.72. The quantitative estimate of drug-likeness (QED) is 0.879. The van der Waals surface area contributed by atoms with Gasteiger partial charge in [-0.2, -0.15) is 0 Å². The van der Waals surface area contributed by atoms with Crippen LogP contribution in [0.3, 0.4) is 0 Å². The summed E-state index contributed by atoms with van der Waals surface area (Å²) in [5, 5.41) is 6.29. The molecule has 2 heterocycles. The van der Waals surface area contributed by atoms with Crippen LogP contribution in [0.4, 0.5) is 11.4 Å². The maximum atomic E-state index is 12.2. The summed E-state index contributed by atoms with van der Waals surface area (Å²) in [4.78, 5) is 16.2. The number of aromatic nitrogens is 1. The van der Waals surface area contributed by atoms with E-state index >= 15 is 0 Å². The predicted molar refractivity (Wildman–Crippen MR) is 80.2 cm³/mol. The number of carbonyl (C=O) groups excluding carboxylic acids is 1. The highest BCUT2D eigenvalue weighted by Gasteiger charge is 2.11. The fourth-order valence-corrected chi connectivity index (χ4v) is 2.44. The number of nitrogens with one attached hydrogen (secondary N) is 2. The third-order valence-electron chi connectivity index (χ3n) is 3.44. The van der Waals surface area contributed by atoms with Crippen molar-refractivity contribution in [1.82, 2.24) is 4.98 Å². The van der Waals surface area contributed by atoms with Crippen LogP contribution in [0.1, 0.15) is 27.9 Å². The zero-order chi connectivity index (χ0) is 13.9. The predicted octanol–water partition coefficient (Wildman–Crippen LogP) is 3.00. The third kappa shape index (κ3) is 2.64. The fourth-order valence-electron chi connectivity index (χ4n) is 2.44. The van der Waals surface area contributed by atoms with Crippen LogP contribution in [0.15, 0.2) is 36.7 Å². The molecule has 4 heteroatoms. The zero-order valence-electron chi connectivity index (χ0n) is 11.4. The van der Waals surface area contributed by atoms with Crippen molar-refractivity contribution in [3.63, 3.8) is 0 Å². The van der Waals surface area contributed by atoms with Crippen molar-refractivity contribution in [2.75, 3.05) is 17.2 Å². The molecule has 20 heavy (non-hydrogen) atoms. The molecule has 0 bridgehead atoms. The SMILES string of the molecule is Cc1cncc(C(=O)Nc2ccc3c(c2)CCCN3)c1. The Balaban J connectivity index is 1.79. The molecule has 4 nitrogen and oxygen atoms in total. The van der Waals surface area contributed by atoms with E-state index in [1.807, 2.05) is 31.2 Å². The number of rotatable bonds is 2. The number of pyridine rings is 1. The molecule has 3 rings (SSSR count). The molecule has 2 aromatic rings. The number of hydrogen-bond acceptors (Lipinski definition) is 3. The first-order valence-electron chi connectivity index (χ1n) is 6.82. The van der Waals surface area contributed by atoms with Crippen LogP contribution in [-0.4, -0.2) is 17.4 Å². The van der Waals surface area contributed by atoms with Gasteiger partial charge in [0.05, 0.1) is 5.56 Å². The summed E-state index contributed by atoms with van der Waals surface area (Å²) < 4.78 is 0. The number of amides is 1. The minimum absolute atomic E-state index is 0.120. The number of hydrogen-bond donors (Lipinski definition) is 2. The fraction of sp³-hybridized carbons (Fsp3) is 0.250. The second kappa shape index (κ2) is 5.33. The molecule has 2 N–H and O–H groups in total. The van der Waals surface area contributed by atoms with Gasteiger partial charge in [-0.15, -0.1) is 0 Å². The molecule has 1 aromatic heterocycles. The van der Waals surface area contributed by atoms with Crippen molar-refractivity contribution < 1.29 is 4.79 Å². The number of fused-ring (bicyclic) bond motifs is 1. The molecule has 0 unspecified atom stereocenters. The standard InChI is InChI=1S/C16H17N3O/c1-11-7-13(10-17-9-11)16(20)19-14-4-5-15-12(8-14)3-2-6-18-15/h4-5,7-10,18H,2-3,6H2,1H3,(H,19,20). The van der Waals surface area contributed by atoms with Crippen LogP contribution < -0.4 is 10.6 Å². The van der Waals surface area contributed by atoms with Gasteiger partial charge >= 0.3 is 0 Å². The first kappa shape index (κ1) is 12.7. The Kier molecular flexibility index (Phi) is 3.37. The van der Waals surface area contributed by atoms with Gasteiger partial charge in [0.25, 0.3) is 5.91 Å². The van der Waals surface area contributed by atoms with Gasteiger partial charge in [0.2, 0.25) is 0 Å². The molecule has 0 saturated carbocycles. The van der Waals surface area contributed by atoms with E-state index in [-0.39, 0.29) is 5.91 Å². The van der Waals surface area contributed by atoms with E-state index in [0.717, 1.165) is 30.6 Å². The molecular weight excluding hydrogens is 250 g/mol. The molecule has 1 aliphatic rings. The third-order valence-corrected chi connectivity index (χ3v) is 3.44. The van der Waals surface area contributed by atoms with Crippen LogP contribution in [0, 0.1) is 6.92 Å². The van der Waals surface area contributed by atoms with Crippen LogP contribution in [0.2, 0.25) is 0 Å². The van der Waals surface area contributed by atoms with E-state index in [4.69, 9.17) is 0 Å². The Morgan fingerprint density at radius 3 is 3.05 bits per heavy atom. The summed E-state index contributed by atoms with van der Waals surface area (Å²) in [7, 11) is 0. The van der Waals surface area contributed by atoms with E-state index in [1.165, 1.54) is 11.3 Å². The average molecular weight is 267 g/mol. The molecule has 1 aromatic carbocycles. The van der Waals surface area contributed by atoms with Crippen LogP contribution in [-0.2, 0) is 6.42 Å². The van der Waals surface area contributed by atoms with Crippen molar-refractivity contribution in [2.24, 2.45) is 0 Å². The van der Waals surface area contributed by atoms with Gasteiger partial charge in [0.15, 0.2) is 0 Å². The average Bonchev–Trinajstić information content (AvgIpc) is 2.47. The van der Waals surface area contributed by atoms with Gasteiger partial charge in [0.1, 0.15) is 0 Å². The van der Waals surface area contributed by atoms with Crippen LogP contribution in [0.25, 0.3) is 0 Å². The lowest BCUT2D eigenvalue weighted by Crippen LogP contribution is -2.15. The Labute approximate surface area is 118 Å². The largest absolute Gasteiger partial charge is 0.385 e. The van der Waals surface area contributed by atoms with Gasteiger partial charge in [-0.05, 0) is 55.2 Å². The van der Waals surface area contributed by atoms with Crippen molar-refractivity contribution in [3.8, 4) is 0 Å². The van der Waals surface area contributed by atoms with E-state index in [9.17, 15) is 4.79 Å². The summed E-state index contributed by atoms with van der Waals surface area (Å²) in [5.41, 5.74) is 4.83. The van der Waals surface area contributed by atoms with Gasteiger partial charge in [0, 0.05) is 30.3 Å². The van der Waals surface area contributed by atoms with Gasteiger partial charge in [-0.25, -0.2) is 0 Å². The minimum atomic E-state index is -0.120. The highest BCUT2D eigenvalue weighted by molar-refractivity contribution is 6.04. The molecule has 102 valence electrons. The van der Waals surface area contributed by atoms with E-state index in [1.54, 1.807) is 12.4 Å². The monoisotopic (exact) mass is 267 g/mol. The zero-order valence-corrected chi connectivity index (χ0v) is 11.4. The summed E-state index contributed by atoms with van der Waals surface area (Å²) in [6, 6.07) is 7.84. The molecule has 1 amide bonds. The highest BCUT2D eigenvalue weighted by Crippen LogP contribution is 2.25. The maximum Gasteiger partial charge on any atom is 0.257 e. The number of anilines is 2. The van der Waals surface area contributed by atoms with E-state index < -0.39 is 0 Å². The number of nitrogens with zero attached hydrogens (tertiary/aromatic N) is 1. The minimum Gasteiger partial charge on any atom is -0.385 e. The van der Waals surface area contributed by atoms with Crippen LogP contribution in [0.5, 0.6) is 0 Å². The highest BCUT2D eigenvalue weighted by atomic mass is 16.1. The smallest absolute Gasteiger partial charge is 0.257 e. The second-order valence-corrected chi connectivity index (χ2v) is 5.11. The molecule has 1 aliphatic heterocycles. The topological polar surface area (TPSA) is 54.0 Å². The normalized spacial score (nSPS) is 13.2. The summed E-state index contributed by atoms with van der Waals surface area (Å²) in [5.74, 6) is -0.120. The first-order valence-corrected chi connectivity index (χ1v) is 6.82. The lowest BCUT2D eigenvalue weighted by Gasteiger charge is -2.18. The number of aryl methyl sites for hydroxylation is 2. The molecule has 0 radical (unpaired) electrons. The Morgan fingerprint density at radius 1 is 1.30 bits per heavy atom. The second-order valence-electron chi connectivity index (χ2n) is 5.11. The van der Waals surface area contributed by atoms with Gasteiger partial charge in [-0.3, -0.25) is 9.78 Å². The van der Waals surface area contributed by atoms with E-state index in [0.29, 0.717) is 5.56 Å². The Hall–Kier alpha value is -2.36.